The van der Waals surface area contributed by atoms with E-state index in [4.69, 9.17) is 4.42 Å². The minimum Gasteiger partial charge on any atom is -0.442 e. The maximum atomic E-state index is 12.3. The Morgan fingerprint density at radius 1 is 1.69 bits per heavy atom. The first-order valence-electron chi connectivity index (χ1n) is 4.54. The lowest BCUT2D eigenvalue weighted by molar-refractivity contribution is 0.361. The predicted molar refractivity (Wildman–Crippen MR) is 46.3 cm³/mol. The Morgan fingerprint density at radius 3 is 3.08 bits per heavy atom. The van der Waals surface area contributed by atoms with Gasteiger partial charge in [-0.2, -0.15) is 0 Å². The number of hydrogen-bond donors (Lipinski definition) is 1. The largest absolute Gasteiger partial charge is 0.442 e. The van der Waals surface area contributed by atoms with Gasteiger partial charge in [-0.15, -0.1) is 0 Å². The second kappa shape index (κ2) is 3.46. The molecule has 0 aliphatic carbocycles. The van der Waals surface area contributed by atoms with E-state index < -0.39 is 6.67 Å². The zero-order chi connectivity index (χ0) is 9.26. The Labute approximate surface area is 76.3 Å². The zero-order valence-corrected chi connectivity index (χ0v) is 7.64. The van der Waals surface area contributed by atoms with E-state index in [1.165, 1.54) is 0 Å². The maximum absolute atomic E-state index is 12.3. The molecule has 2 rings (SSSR count). The molecule has 0 amide bonds. The summed E-state index contributed by atoms with van der Waals surface area (Å²) in [6.07, 6.45) is 1.03. The van der Waals surface area contributed by atoms with Crippen molar-refractivity contribution < 1.29 is 8.81 Å². The Balaban J connectivity index is 2.20. The smallest absolute Gasteiger partial charge is 0.199 e. The van der Waals surface area contributed by atoms with Gasteiger partial charge in [0.1, 0.15) is 6.67 Å². The van der Waals surface area contributed by atoms with E-state index in [2.05, 4.69) is 10.3 Å². The van der Waals surface area contributed by atoms with Gasteiger partial charge < -0.3 is 9.73 Å². The third-order valence-electron chi connectivity index (χ3n) is 2.44. The monoisotopic (exact) mass is 184 g/mol. The van der Waals surface area contributed by atoms with Gasteiger partial charge in [0.2, 0.25) is 0 Å². The molecule has 1 N–H and O–H groups in total. The summed E-state index contributed by atoms with van der Waals surface area (Å²) in [5.41, 5.74) is 0.685. The molecule has 13 heavy (non-hydrogen) atoms. The number of alkyl halides is 1. The van der Waals surface area contributed by atoms with Gasteiger partial charge in [0.25, 0.3) is 0 Å². The van der Waals surface area contributed by atoms with Crippen LogP contribution < -0.4 is 5.32 Å². The molecule has 1 saturated heterocycles. The summed E-state index contributed by atoms with van der Waals surface area (Å²) < 4.78 is 17.7. The van der Waals surface area contributed by atoms with Crippen LogP contribution in [-0.4, -0.2) is 18.1 Å². The molecule has 0 aromatic carbocycles. The molecule has 0 spiro atoms. The van der Waals surface area contributed by atoms with Crippen LogP contribution in [0.3, 0.4) is 0 Å². The van der Waals surface area contributed by atoms with Gasteiger partial charge in [0, 0.05) is 12.5 Å². The number of oxazole rings is 1. The number of aryl methyl sites for hydroxylation is 1. The first-order valence-corrected chi connectivity index (χ1v) is 4.54. The van der Waals surface area contributed by atoms with Gasteiger partial charge >= 0.3 is 0 Å². The highest BCUT2D eigenvalue weighted by molar-refractivity contribution is 5.10. The molecule has 3 nitrogen and oxygen atoms in total. The molecule has 1 aromatic rings. The number of nitrogens with one attached hydrogen (secondary N) is 1. The summed E-state index contributed by atoms with van der Waals surface area (Å²) in [6.45, 7) is 3.12. The highest BCUT2D eigenvalue weighted by Crippen LogP contribution is 2.23. The van der Waals surface area contributed by atoms with Crippen LogP contribution in [0.15, 0.2) is 4.42 Å². The van der Waals surface area contributed by atoms with Crippen molar-refractivity contribution in [1.82, 2.24) is 10.3 Å². The number of rotatable bonds is 2. The highest BCUT2D eigenvalue weighted by atomic mass is 19.1. The SMILES string of the molecule is Cc1nc(C2CCNC2)oc1CF. The lowest BCUT2D eigenvalue weighted by Gasteiger charge is -2.00. The average Bonchev–Trinajstić information content (AvgIpc) is 2.71. The maximum Gasteiger partial charge on any atom is 0.199 e. The van der Waals surface area contributed by atoms with E-state index in [0.717, 1.165) is 19.5 Å². The van der Waals surface area contributed by atoms with Gasteiger partial charge in [-0.05, 0) is 19.9 Å². The normalized spacial score (nSPS) is 22.5. The Bertz CT molecular complexity index is 292. The molecule has 1 aliphatic rings. The summed E-state index contributed by atoms with van der Waals surface area (Å²) in [5, 5.41) is 3.22. The van der Waals surface area contributed by atoms with Gasteiger partial charge in [-0.25, -0.2) is 9.37 Å². The molecule has 4 heteroatoms. The van der Waals surface area contributed by atoms with Crippen LogP contribution in [0.4, 0.5) is 4.39 Å². The summed E-state index contributed by atoms with van der Waals surface area (Å²) in [5.74, 6) is 1.40. The van der Waals surface area contributed by atoms with Crippen LogP contribution in [0.1, 0.15) is 29.7 Å². The minimum atomic E-state index is -0.557. The molecule has 1 aliphatic heterocycles. The van der Waals surface area contributed by atoms with Crippen LogP contribution >= 0.6 is 0 Å². The van der Waals surface area contributed by atoms with Crippen molar-refractivity contribution in [2.75, 3.05) is 13.1 Å². The molecule has 1 atom stereocenters. The molecule has 1 unspecified atom stereocenters. The van der Waals surface area contributed by atoms with Gasteiger partial charge in [-0.1, -0.05) is 0 Å². The Kier molecular flexibility index (Phi) is 2.31. The fourth-order valence-electron chi connectivity index (χ4n) is 1.61. The van der Waals surface area contributed by atoms with Crippen molar-refractivity contribution >= 4 is 0 Å². The number of aromatic nitrogens is 1. The third kappa shape index (κ3) is 1.58. The second-order valence-corrected chi connectivity index (χ2v) is 3.38. The van der Waals surface area contributed by atoms with Gasteiger partial charge in [-0.3, -0.25) is 0 Å². The van der Waals surface area contributed by atoms with Crippen LogP contribution in [0.25, 0.3) is 0 Å². The first-order chi connectivity index (χ1) is 6.31. The number of hydrogen-bond acceptors (Lipinski definition) is 3. The standard InChI is InChI=1S/C9H13FN2O/c1-6-8(4-10)13-9(12-6)7-2-3-11-5-7/h7,11H,2-5H2,1H3. The first kappa shape index (κ1) is 8.69. The van der Waals surface area contributed by atoms with Crippen LogP contribution in [0, 0.1) is 6.92 Å². The van der Waals surface area contributed by atoms with Gasteiger partial charge in [0.15, 0.2) is 11.7 Å². The minimum absolute atomic E-state index is 0.332. The van der Waals surface area contributed by atoms with Crippen molar-refractivity contribution in [2.45, 2.75) is 25.9 Å². The number of halogens is 1. The third-order valence-corrected chi connectivity index (χ3v) is 2.44. The fourth-order valence-corrected chi connectivity index (χ4v) is 1.61. The van der Waals surface area contributed by atoms with Crippen molar-refractivity contribution in [3.63, 3.8) is 0 Å². The summed E-state index contributed by atoms with van der Waals surface area (Å²) in [6, 6.07) is 0. The molecule has 2 heterocycles. The van der Waals surface area contributed by atoms with Crippen molar-refractivity contribution in [2.24, 2.45) is 0 Å². The van der Waals surface area contributed by atoms with Gasteiger partial charge in [0.05, 0.1) is 5.69 Å². The molecule has 0 saturated carbocycles. The van der Waals surface area contributed by atoms with E-state index >= 15 is 0 Å². The van der Waals surface area contributed by atoms with E-state index in [1.54, 1.807) is 6.92 Å². The lowest BCUT2D eigenvalue weighted by atomic mass is 10.1. The van der Waals surface area contributed by atoms with Crippen LogP contribution in [0.5, 0.6) is 0 Å². The quantitative estimate of drug-likeness (QED) is 0.757. The van der Waals surface area contributed by atoms with Crippen molar-refractivity contribution in [1.29, 1.82) is 0 Å². The average molecular weight is 184 g/mol. The van der Waals surface area contributed by atoms with Crippen molar-refractivity contribution in [3.8, 4) is 0 Å². The van der Waals surface area contributed by atoms with E-state index in [-0.39, 0.29) is 0 Å². The molecule has 1 fully saturated rings. The summed E-state index contributed by atoms with van der Waals surface area (Å²) in [7, 11) is 0. The Morgan fingerprint density at radius 2 is 2.54 bits per heavy atom. The molecule has 0 radical (unpaired) electrons. The fraction of sp³-hybridized carbons (Fsp3) is 0.667. The zero-order valence-electron chi connectivity index (χ0n) is 7.64. The van der Waals surface area contributed by atoms with E-state index in [1.807, 2.05) is 0 Å². The van der Waals surface area contributed by atoms with E-state index in [9.17, 15) is 4.39 Å². The molecule has 0 bridgehead atoms. The molecule has 72 valence electrons. The predicted octanol–water partition coefficient (Wildman–Crippen LogP) is 1.53. The summed E-state index contributed by atoms with van der Waals surface area (Å²) >= 11 is 0. The van der Waals surface area contributed by atoms with E-state index in [0.29, 0.717) is 23.3 Å². The highest BCUT2D eigenvalue weighted by Gasteiger charge is 2.22. The van der Waals surface area contributed by atoms with Crippen LogP contribution in [-0.2, 0) is 6.67 Å². The second-order valence-electron chi connectivity index (χ2n) is 3.38. The lowest BCUT2D eigenvalue weighted by Crippen LogP contribution is -2.08. The summed E-state index contributed by atoms with van der Waals surface area (Å²) in [4.78, 5) is 4.22. The molecule has 1 aromatic heterocycles. The number of nitrogens with zero attached hydrogens (tertiary/aromatic N) is 1. The molecular formula is C9H13FN2O. The van der Waals surface area contributed by atoms with Crippen LogP contribution in [0.2, 0.25) is 0 Å². The van der Waals surface area contributed by atoms with Crippen molar-refractivity contribution in [3.05, 3.63) is 17.3 Å². The Hall–Kier alpha value is -0.900. The molecular weight excluding hydrogens is 171 g/mol. The topological polar surface area (TPSA) is 38.1 Å².